The number of nitrogens with zero attached hydrogens (tertiary/aromatic N) is 2. The summed E-state index contributed by atoms with van der Waals surface area (Å²) >= 11 is 0. The molecule has 0 radical (unpaired) electrons. The predicted molar refractivity (Wildman–Crippen MR) is 95.9 cm³/mol. The molecule has 0 aliphatic heterocycles. The minimum absolute atomic E-state index is 0.250. The molecule has 0 amide bonds. The number of carbonyl (C=O) groups is 1. The number of nitriles is 1. The molecule has 3 aromatic rings. The van der Waals surface area contributed by atoms with Gasteiger partial charge in [0.25, 0.3) is 0 Å². The van der Waals surface area contributed by atoms with Gasteiger partial charge in [0.15, 0.2) is 0 Å². The lowest BCUT2D eigenvalue weighted by Gasteiger charge is -2.03. The Morgan fingerprint density at radius 1 is 1.00 bits per heavy atom. The molecule has 0 saturated carbocycles. The van der Waals surface area contributed by atoms with Gasteiger partial charge in [-0.05, 0) is 54.7 Å². The lowest BCUT2D eigenvalue weighted by atomic mass is 10.0. The fourth-order valence-corrected chi connectivity index (χ4v) is 2.85. The van der Waals surface area contributed by atoms with E-state index < -0.39 is 5.97 Å². The fourth-order valence-electron chi connectivity index (χ4n) is 2.85. The molecule has 1 heterocycles. The molecule has 0 aliphatic rings. The van der Waals surface area contributed by atoms with Gasteiger partial charge in [-0.15, -0.1) is 0 Å². The summed E-state index contributed by atoms with van der Waals surface area (Å²) in [5, 5.41) is 18.3. The summed E-state index contributed by atoms with van der Waals surface area (Å²) in [5.74, 6) is -0.946. The molecule has 124 valence electrons. The van der Waals surface area contributed by atoms with Gasteiger partial charge >= 0.3 is 5.97 Å². The van der Waals surface area contributed by atoms with Crippen LogP contribution in [0.1, 0.15) is 33.5 Å². The molecule has 1 N–H and O–H groups in total. The van der Waals surface area contributed by atoms with Crippen LogP contribution in [0.5, 0.6) is 0 Å². The summed E-state index contributed by atoms with van der Waals surface area (Å²) in [6.07, 6.45) is 6.54. The van der Waals surface area contributed by atoms with Crippen molar-refractivity contribution in [3.63, 3.8) is 0 Å². The third-order valence-electron chi connectivity index (χ3n) is 4.20. The maximum atomic E-state index is 10.9. The van der Waals surface area contributed by atoms with Crippen LogP contribution in [0.2, 0.25) is 0 Å². The van der Waals surface area contributed by atoms with Crippen LogP contribution in [-0.2, 0) is 12.8 Å². The SMILES string of the molecule is N#Cc1cn(-c2ccc(C(=O)O)cc2)cc1CCCc1ccccc1. The number of rotatable bonds is 6. The Morgan fingerprint density at radius 3 is 2.36 bits per heavy atom. The Balaban J connectivity index is 1.73. The first-order valence-electron chi connectivity index (χ1n) is 8.16. The molecule has 3 rings (SSSR count). The molecule has 0 aliphatic carbocycles. The second-order valence-electron chi connectivity index (χ2n) is 5.91. The molecule has 25 heavy (non-hydrogen) atoms. The lowest BCUT2D eigenvalue weighted by molar-refractivity contribution is 0.0697. The van der Waals surface area contributed by atoms with E-state index in [4.69, 9.17) is 5.11 Å². The Labute approximate surface area is 146 Å². The van der Waals surface area contributed by atoms with Gasteiger partial charge in [-0.2, -0.15) is 5.26 Å². The van der Waals surface area contributed by atoms with Crippen molar-refractivity contribution >= 4 is 5.97 Å². The summed E-state index contributed by atoms with van der Waals surface area (Å²) in [7, 11) is 0. The summed E-state index contributed by atoms with van der Waals surface area (Å²) in [6, 6.07) is 19.2. The number of carboxylic acid groups (broad SMARTS) is 1. The second-order valence-corrected chi connectivity index (χ2v) is 5.91. The van der Waals surface area contributed by atoms with Crippen molar-refractivity contribution in [1.29, 1.82) is 5.26 Å². The highest BCUT2D eigenvalue weighted by Gasteiger charge is 2.09. The van der Waals surface area contributed by atoms with Gasteiger partial charge in [-0.3, -0.25) is 0 Å². The van der Waals surface area contributed by atoms with Crippen molar-refractivity contribution < 1.29 is 9.90 Å². The fraction of sp³-hybridized carbons (Fsp3) is 0.143. The number of hydrogen-bond donors (Lipinski definition) is 1. The number of aromatic carboxylic acids is 1. The Bertz CT molecular complexity index is 903. The van der Waals surface area contributed by atoms with Gasteiger partial charge in [0, 0.05) is 18.1 Å². The lowest BCUT2D eigenvalue weighted by Crippen LogP contribution is -1.97. The van der Waals surface area contributed by atoms with Crippen LogP contribution in [0.4, 0.5) is 0 Å². The smallest absolute Gasteiger partial charge is 0.335 e. The molecule has 0 atom stereocenters. The number of aryl methyl sites for hydroxylation is 2. The van der Waals surface area contributed by atoms with Crippen LogP contribution in [-0.4, -0.2) is 15.6 Å². The number of benzene rings is 2. The molecular weight excluding hydrogens is 312 g/mol. The van der Waals surface area contributed by atoms with Crippen LogP contribution in [0, 0.1) is 11.3 Å². The van der Waals surface area contributed by atoms with Gasteiger partial charge in [0.1, 0.15) is 6.07 Å². The first-order valence-corrected chi connectivity index (χ1v) is 8.16. The highest BCUT2D eigenvalue weighted by atomic mass is 16.4. The van der Waals surface area contributed by atoms with Crippen molar-refractivity contribution in [1.82, 2.24) is 4.57 Å². The Hall–Kier alpha value is -3.32. The summed E-state index contributed by atoms with van der Waals surface area (Å²) in [6.45, 7) is 0. The minimum atomic E-state index is -0.946. The van der Waals surface area contributed by atoms with Crippen molar-refractivity contribution in [2.75, 3.05) is 0 Å². The predicted octanol–water partition coefficient (Wildman–Crippen LogP) is 4.22. The topological polar surface area (TPSA) is 66.0 Å². The maximum Gasteiger partial charge on any atom is 0.335 e. The van der Waals surface area contributed by atoms with Crippen molar-refractivity contribution in [3.8, 4) is 11.8 Å². The van der Waals surface area contributed by atoms with Crippen molar-refractivity contribution in [3.05, 3.63) is 89.2 Å². The first-order chi connectivity index (χ1) is 12.2. The number of aromatic nitrogens is 1. The molecule has 1 aromatic heterocycles. The van der Waals surface area contributed by atoms with Crippen LogP contribution < -0.4 is 0 Å². The molecular formula is C21H18N2O2. The zero-order valence-electron chi connectivity index (χ0n) is 13.7. The third kappa shape index (κ3) is 3.96. The molecule has 4 heteroatoms. The standard InChI is InChI=1S/C21H18N2O2/c22-13-19-15-23(20-11-9-17(10-12-20)21(24)25)14-18(19)8-4-7-16-5-2-1-3-6-16/h1-3,5-6,9-12,14-15H,4,7-8H2,(H,24,25). The van der Waals surface area contributed by atoms with E-state index in [2.05, 4.69) is 18.2 Å². The largest absolute Gasteiger partial charge is 0.478 e. The highest BCUT2D eigenvalue weighted by Crippen LogP contribution is 2.18. The van der Waals surface area contributed by atoms with Gasteiger partial charge in [0.05, 0.1) is 11.1 Å². The highest BCUT2D eigenvalue weighted by molar-refractivity contribution is 5.87. The van der Waals surface area contributed by atoms with E-state index in [1.165, 1.54) is 5.56 Å². The average Bonchev–Trinajstić information content (AvgIpc) is 3.06. The Kier molecular flexibility index (Phi) is 4.96. The van der Waals surface area contributed by atoms with Crippen molar-refractivity contribution in [2.45, 2.75) is 19.3 Å². The summed E-state index contributed by atoms with van der Waals surface area (Å²) < 4.78 is 1.88. The van der Waals surface area contributed by atoms with E-state index in [0.717, 1.165) is 30.5 Å². The number of hydrogen-bond acceptors (Lipinski definition) is 2. The van der Waals surface area contributed by atoms with E-state index in [-0.39, 0.29) is 5.56 Å². The molecule has 0 spiro atoms. The van der Waals surface area contributed by atoms with Gasteiger partial charge in [-0.25, -0.2) is 4.79 Å². The van der Waals surface area contributed by atoms with Gasteiger partial charge in [-0.1, -0.05) is 30.3 Å². The Morgan fingerprint density at radius 2 is 1.72 bits per heavy atom. The van der Waals surface area contributed by atoms with Crippen LogP contribution >= 0.6 is 0 Å². The quantitative estimate of drug-likeness (QED) is 0.736. The van der Waals surface area contributed by atoms with Gasteiger partial charge < -0.3 is 9.67 Å². The molecule has 0 bridgehead atoms. The van der Waals surface area contributed by atoms with Crippen LogP contribution in [0.15, 0.2) is 67.0 Å². The monoisotopic (exact) mass is 330 g/mol. The second kappa shape index (κ2) is 7.50. The zero-order valence-corrected chi connectivity index (χ0v) is 13.7. The zero-order chi connectivity index (χ0) is 17.6. The van der Waals surface area contributed by atoms with Crippen molar-refractivity contribution in [2.24, 2.45) is 0 Å². The minimum Gasteiger partial charge on any atom is -0.478 e. The van der Waals surface area contributed by atoms with E-state index in [0.29, 0.717) is 5.56 Å². The maximum absolute atomic E-state index is 10.9. The first kappa shape index (κ1) is 16.5. The van der Waals surface area contributed by atoms with Gasteiger partial charge in [0.2, 0.25) is 0 Å². The van der Waals surface area contributed by atoms with E-state index in [1.54, 1.807) is 30.5 Å². The normalized spacial score (nSPS) is 10.4. The van der Waals surface area contributed by atoms with E-state index in [9.17, 15) is 10.1 Å². The van der Waals surface area contributed by atoms with E-state index in [1.807, 2.05) is 29.0 Å². The molecule has 0 unspecified atom stereocenters. The third-order valence-corrected chi connectivity index (χ3v) is 4.20. The summed E-state index contributed by atoms with van der Waals surface area (Å²) in [4.78, 5) is 10.9. The average molecular weight is 330 g/mol. The van der Waals surface area contributed by atoms with Crippen LogP contribution in [0.3, 0.4) is 0 Å². The molecule has 0 saturated heterocycles. The molecule has 4 nitrogen and oxygen atoms in total. The van der Waals surface area contributed by atoms with Crippen LogP contribution in [0.25, 0.3) is 5.69 Å². The number of carboxylic acids is 1. The molecule has 0 fully saturated rings. The summed E-state index contributed by atoms with van der Waals surface area (Å²) in [5.41, 5.74) is 4.07. The molecule has 2 aromatic carbocycles. The van der Waals surface area contributed by atoms with E-state index >= 15 is 0 Å².